The van der Waals surface area contributed by atoms with Gasteiger partial charge in [-0.05, 0) is 19.5 Å². The van der Waals surface area contributed by atoms with Crippen LogP contribution in [-0.2, 0) is 0 Å². The van der Waals surface area contributed by atoms with Gasteiger partial charge in [0.2, 0.25) is 5.88 Å². The predicted octanol–water partition coefficient (Wildman–Crippen LogP) is 3.17. The first-order valence-electron chi connectivity index (χ1n) is 6.70. The van der Waals surface area contributed by atoms with Crippen LogP contribution in [-0.4, -0.2) is 26.3 Å². The Kier molecular flexibility index (Phi) is 5.00. The molecule has 1 N–H and O–H groups in total. The molecule has 1 aromatic carbocycles. The molecular weight excluding hydrogens is 268 g/mol. The molecule has 2 aromatic rings. The van der Waals surface area contributed by atoms with Crippen molar-refractivity contribution < 1.29 is 14.2 Å². The van der Waals surface area contributed by atoms with Gasteiger partial charge in [-0.3, -0.25) is 0 Å². The normalized spacial score (nSPS) is 11.8. The fraction of sp³-hybridized carbons (Fsp3) is 0.312. The largest absolute Gasteiger partial charge is 0.496 e. The molecule has 0 saturated heterocycles. The van der Waals surface area contributed by atoms with Crippen LogP contribution in [0.15, 0.2) is 36.5 Å². The van der Waals surface area contributed by atoms with Crippen molar-refractivity contribution in [2.75, 3.05) is 21.3 Å². The molecule has 2 rings (SSSR count). The van der Waals surface area contributed by atoms with E-state index in [0.717, 1.165) is 5.56 Å². The summed E-state index contributed by atoms with van der Waals surface area (Å²) in [7, 11) is 5.12. The lowest BCUT2D eigenvalue weighted by Crippen LogP contribution is -2.12. The highest BCUT2D eigenvalue weighted by atomic mass is 16.5. The van der Waals surface area contributed by atoms with E-state index in [4.69, 9.17) is 14.2 Å². The number of benzene rings is 1. The fourth-order valence-electron chi connectivity index (χ4n) is 1.84. The first kappa shape index (κ1) is 15.1. The zero-order valence-corrected chi connectivity index (χ0v) is 12.7. The summed E-state index contributed by atoms with van der Waals surface area (Å²) >= 11 is 0. The maximum absolute atomic E-state index is 5.74. The first-order valence-corrected chi connectivity index (χ1v) is 6.70. The lowest BCUT2D eigenvalue weighted by molar-refractivity contribution is 0.385. The smallest absolute Gasteiger partial charge is 0.219 e. The summed E-state index contributed by atoms with van der Waals surface area (Å²) in [5.41, 5.74) is 1.10. The Morgan fingerprint density at radius 3 is 2.10 bits per heavy atom. The standard InChI is InChI=1S/C16H20N2O3/c1-11(17-2)12-5-6-16(18-10-12)21-15-8-13(19-3)7-14(9-15)20-4/h5-11,17H,1-4H3. The highest BCUT2D eigenvalue weighted by Gasteiger charge is 2.07. The molecule has 0 spiro atoms. The van der Waals surface area contributed by atoms with Gasteiger partial charge in [-0.25, -0.2) is 4.98 Å². The second-order valence-electron chi connectivity index (χ2n) is 4.59. The van der Waals surface area contributed by atoms with Gasteiger partial charge in [0, 0.05) is 36.5 Å². The average Bonchev–Trinajstić information content (AvgIpc) is 2.54. The molecule has 5 heteroatoms. The van der Waals surface area contributed by atoms with Gasteiger partial charge >= 0.3 is 0 Å². The Morgan fingerprint density at radius 1 is 1.00 bits per heavy atom. The van der Waals surface area contributed by atoms with E-state index in [1.54, 1.807) is 38.6 Å². The number of aromatic nitrogens is 1. The quantitative estimate of drug-likeness (QED) is 0.884. The highest BCUT2D eigenvalue weighted by Crippen LogP contribution is 2.30. The van der Waals surface area contributed by atoms with Gasteiger partial charge in [0.05, 0.1) is 14.2 Å². The van der Waals surface area contributed by atoms with Crippen molar-refractivity contribution in [2.24, 2.45) is 0 Å². The summed E-state index contributed by atoms with van der Waals surface area (Å²) in [6.07, 6.45) is 1.80. The SMILES string of the molecule is CNC(C)c1ccc(Oc2cc(OC)cc(OC)c2)nc1. The first-order chi connectivity index (χ1) is 10.2. The number of pyridine rings is 1. The number of hydrogen-bond donors (Lipinski definition) is 1. The van der Waals surface area contributed by atoms with E-state index in [0.29, 0.717) is 23.1 Å². The summed E-state index contributed by atoms with van der Waals surface area (Å²) in [6, 6.07) is 9.44. The van der Waals surface area contributed by atoms with Crippen molar-refractivity contribution in [1.82, 2.24) is 10.3 Å². The van der Waals surface area contributed by atoms with Gasteiger partial charge < -0.3 is 19.5 Å². The molecule has 1 unspecified atom stereocenters. The van der Waals surface area contributed by atoms with Crippen molar-refractivity contribution >= 4 is 0 Å². The molecule has 1 aromatic heterocycles. The van der Waals surface area contributed by atoms with E-state index >= 15 is 0 Å². The summed E-state index contributed by atoms with van der Waals surface area (Å²) in [4.78, 5) is 4.31. The Hall–Kier alpha value is -2.27. The minimum absolute atomic E-state index is 0.253. The molecule has 1 heterocycles. The second-order valence-corrected chi connectivity index (χ2v) is 4.59. The van der Waals surface area contributed by atoms with Gasteiger partial charge in [0.1, 0.15) is 17.2 Å². The number of nitrogens with zero attached hydrogens (tertiary/aromatic N) is 1. The minimum Gasteiger partial charge on any atom is -0.496 e. The molecular formula is C16H20N2O3. The van der Waals surface area contributed by atoms with Crippen LogP contribution in [0.4, 0.5) is 0 Å². The Morgan fingerprint density at radius 2 is 1.62 bits per heavy atom. The average molecular weight is 288 g/mol. The van der Waals surface area contributed by atoms with Gasteiger partial charge in [0.25, 0.3) is 0 Å². The molecule has 0 aliphatic heterocycles. The summed E-state index contributed by atoms with van der Waals surface area (Å²) in [6.45, 7) is 2.07. The van der Waals surface area contributed by atoms with E-state index in [1.807, 2.05) is 19.2 Å². The van der Waals surface area contributed by atoms with Crippen LogP contribution in [0.3, 0.4) is 0 Å². The van der Waals surface area contributed by atoms with E-state index in [9.17, 15) is 0 Å². The summed E-state index contributed by atoms with van der Waals surface area (Å²) < 4.78 is 16.2. The Balaban J connectivity index is 2.17. The van der Waals surface area contributed by atoms with Crippen LogP contribution in [0.25, 0.3) is 0 Å². The van der Waals surface area contributed by atoms with Crippen LogP contribution in [0.5, 0.6) is 23.1 Å². The molecule has 21 heavy (non-hydrogen) atoms. The third kappa shape index (κ3) is 3.86. The van der Waals surface area contributed by atoms with Crippen LogP contribution >= 0.6 is 0 Å². The van der Waals surface area contributed by atoms with Crippen LogP contribution in [0, 0.1) is 0 Å². The van der Waals surface area contributed by atoms with E-state index in [-0.39, 0.29) is 6.04 Å². The molecule has 1 atom stereocenters. The van der Waals surface area contributed by atoms with Crippen molar-refractivity contribution in [3.05, 3.63) is 42.1 Å². The maximum Gasteiger partial charge on any atom is 0.219 e. The van der Waals surface area contributed by atoms with E-state index in [2.05, 4.69) is 17.2 Å². The van der Waals surface area contributed by atoms with Gasteiger partial charge in [-0.15, -0.1) is 0 Å². The number of methoxy groups -OCH3 is 2. The monoisotopic (exact) mass is 288 g/mol. The highest BCUT2D eigenvalue weighted by molar-refractivity contribution is 5.43. The molecule has 0 fully saturated rings. The molecule has 0 aliphatic rings. The topological polar surface area (TPSA) is 52.6 Å². The molecule has 0 amide bonds. The molecule has 0 saturated carbocycles. The van der Waals surface area contributed by atoms with Crippen LogP contribution in [0.2, 0.25) is 0 Å². The number of rotatable bonds is 6. The summed E-state index contributed by atoms with van der Waals surface area (Å²) in [5, 5.41) is 3.17. The fourth-order valence-corrected chi connectivity index (χ4v) is 1.84. The third-order valence-corrected chi connectivity index (χ3v) is 3.24. The van der Waals surface area contributed by atoms with Crippen molar-refractivity contribution in [2.45, 2.75) is 13.0 Å². The van der Waals surface area contributed by atoms with E-state index in [1.165, 1.54) is 0 Å². The zero-order chi connectivity index (χ0) is 15.2. The minimum atomic E-state index is 0.253. The van der Waals surface area contributed by atoms with Gasteiger partial charge in [0.15, 0.2) is 0 Å². The Labute approximate surface area is 124 Å². The number of ether oxygens (including phenoxy) is 3. The van der Waals surface area contributed by atoms with Gasteiger partial charge in [-0.1, -0.05) is 6.07 Å². The molecule has 0 radical (unpaired) electrons. The zero-order valence-electron chi connectivity index (χ0n) is 12.7. The van der Waals surface area contributed by atoms with Crippen LogP contribution in [0.1, 0.15) is 18.5 Å². The van der Waals surface area contributed by atoms with Crippen LogP contribution < -0.4 is 19.5 Å². The molecule has 112 valence electrons. The molecule has 0 aliphatic carbocycles. The van der Waals surface area contributed by atoms with Crippen molar-refractivity contribution in [3.8, 4) is 23.1 Å². The predicted molar refractivity (Wildman–Crippen MR) is 81.3 cm³/mol. The number of hydrogen-bond acceptors (Lipinski definition) is 5. The second kappa shape index (κ2) is 6.95. The van der Waals surface area contributed by atoms with Crippen molar-refractivity contribution in [3.63, 3.8) is 0 Å². The van der Waals surface area contributed by atoms with Crippen molar-refractivity contribution in [1.29, 1.82) is 0 Å². The molecule has 0 bridgehead atoms. The lowest BCUT2D eigenvalue weighted by Gasteiger charge is -2.12. The third-order valence-electron chi connectivity index (χ3n) is 3.24. The maximum atomic E-state index is 5.74. The van der Waals surface area contributed by atoms with E-state index < -0.39 is 0 Å². The van der Waals surface area contributed by atoms with Gasteiger partial charge in [-0.2, -0.15) is 0 Å². The summed E-state index contributed by atoms with van der Waals surface area (Å²) in [5.74, 6) is 2.49. The lowest BCUT2D eigenvalue weighted by atomic mass is 10.1. The number of nitrogens with one attached hydrogen (secondary N) is 1. The Bertz CT molecular complexity index is 562. The molecule has 5 nitrogen and oxygen atoms in total.